The Bertz CT molecular complexity index is 1280. The minimum Gasteiger partial charge on any atom is -0.268 e. The van der Waals surface area contributed by atoms with Gasteiger partial charge in [-0.05, 0) is 18.2 Å². The number of fused-ring (bicyclic) bond motifs is 1. The Morgan fingerprint density at radius 3 is 2.42 bits per heavy atom. The number of H-pyrrole nitrogens is 1. The number of benzene rings is 1. The van der Waals surface area contributed by atoms with Crippen LogP contribution in [0.3, 0.4) is 0 Å². The van der Waals surface area contributed by atoms with Crippen molar-refractivity contribution in [3.8, 4) is 22.6 Å². The van der Waals surface area contributed by atoms with Crippen LogP contribution in [0.15, 0.2) is 59.7 Å². The summed E-state index contributed by atoms with van der Waals surface area (Å²) in [5.41, 5.74) is 0.838. The van der Waals surface area contributed by atoms with Crippen LogP contribution in [0.1, 0.15) is 0 Å². The third kappa shape index (κ3) is 2.66. The number of aromatic amines is 1. The molecular weight excluding hydrogens is 358 g/mol. The zero-order valence-electron chi connectivity index (χ0n) is 13.1. The van der Waals surface area contributed by atoms with Crippen LogP contribution >= 0.6 is 0 Å². The van der Waals surface area contributed by atoms with Gasteiger partial charge in [0.2, 0.25) is 0 Å². The van der Waals surface area contributed by atoms with Crippen LogP contribution in [-0.2, 0) is 10.3 Å². The Balaban J connectivity index is 2.08. The molecule has 0 saturated heterocycles. The molecule has 130 valence electrons. The topological polar surface area (TPSA) is 131 Å². The predicted molar refractivity (Wildman–Crippen MR) is 93.8 cm³/mol. The van der Waals surface area contributed by atoms with Crippen LogP contribution in [0, 0.1) is 0 Å². The SMILES string of the molecule is O=c1[nH]nc(-c2cn(S(=O)(=O)O)nc2-c2ccccn2)c2ccccc12. The molecule has 0 aliphatic heterocycles. The van der Waals surface area contributed by atoms with Gasteiger partial charge in [-0.25, -0.2) is 5.10 Å². The number of hydrogen-bond donors (Lipinski definition) is 2. The van der Waals surface area contributed by atoms with Gasteiger partial charge in [0, 0.05) is 11.6 Å². The van der Waals surface area contributed by atoms with Gasteiger partial charge < -0.3 is 0 Å². The molecule has 0 aliphatic carbocycles. The molecule has 0 spiro atoms. The van der Waals surface area contributed by atoms with E-state index >= 15 is 0 Å². The second-order valence-electron chi connectivity index (χ2n) is 5.40. The summed E-state index contributed by atoms with van der Waals surface area (Å²) >= 11 is 0. The monoisotopic (exact) mass is 369 g/mol. The van der Waals surface area contributed by atoms with E-state index in [0.29, 0.717) is 31.8 Å². The van der Waals surface area contributed by atoms with Crippen molar-refractivity contribution in [1.29, 1.82) is 0 Å². The van der Waals surface area contributed by atoms with Gasteiger partial charge in [0.05, 0.1) is 22.8 Å². The highest BCUT2D eigenvalue weighted by Gasteiger charge is 2.22. The van der Waals surface area contributed by atoms with Crippen molar-refractivity contribution >= 4 is 21.1 Å². The second-order valence-corrected chi connectivity index (χ2v) is 6.67. The van der Waals surface area contributed by atoms with E-state index in [-0.39, 0.29) is 11.3 Å². The van der Waals surface area contributed by atoms with Crippen LogP contribution in [0.25, 0.3) is 33.4 Å². The minimum absolute atomic E-state index is 0.202. The first-order valence-corrected chi connectivity index (χ1v) is 8.82. The maximum atomic E-state index is 12.0. The van der Waals surface area contributed by atoms with Crippen molar-refractivity contribution in [1.82, 2.24) is 24.4 Å². The number of rotatable bonds is 3. The molecule has 0 fully saturated rings. The minimum atomic E-state index is -4.60. The standard InChI is InChI=1S/C16H11N5O4S/c22-16-11-6-2-1-5-10(11)14(18-19-16)12-9-21(26(23,24)25)20-15(12)13-7-3-4-8-17-13/h1-9H,(H,19,22)(H,23,24,25). The summed E-state index contributed by atoms with van der Waals surface area (Å²) in [6.45, 7) is 0. The average Bonchev–Trinajstić information content (AvgIpc) is 3.09. The van der Waals surface area contributed by atoms with E-state index < -0.39 is 10.3 Å². The van der Waals surface area contributed by atoms with Crippen LogP contribution in [0.4, 0.5) is 0 Å². The molecule has 10 heteroatoms. The smallest absolute Gasteiger partial charge is 0.268 e. The van der Waals surface area contributed by atoms with E-state index in [9.17, 15) is 17.8 Å². The number of hydrogen-bond acceptors (Lipinski definition) is 6. The first-order valence-electron chi connectivity index (χ1n) is 7.42. The molecule has 0 aliphatic rings. The summed E-state index contributed by atoms with van der Waals surface area (Å²) in [5.74, 6) is 0. The molecule has 3 aromatic heterocycles. The highest BCUT2D eigenvalue weighted by atomic mass is 32.2. The molecule has 0 atom stereocenters. The lowest BCUT2D eigenvalue weighted by molar-refractivity contribution is 0.466. The van der Waals surface area contributed by atoms with Crippen molar-refractivity contribution in [3.05, 3.63) is 65.2 Å². The van der Waals surface area contributed by atoms with Crippen LogP contribution in [0.5, 0.6) is 0 Å². The zero-order chi connectivity index (χ0) is 18.3. The van der Waals surface area contributed by atoms with E-state index in [1.165, 1.54) is 6.20 Å². The fraction of sp³-hybridized carbons (Fsp3) is 0. The van der Waals surface area contributed by atoms with Crippen molar-refractivity contribution in [2.24, 2.45) is 0 Å². The van der Waals surface area contributed by atoms with Crippen molar-refractivity contribution < 1.29 is 13.0 Å². The lowest BCUT2D eigenvalue weighted by Crippen LogP contribution is -2.11. The number of aromatic nitrogens is 5. The molecule has 3 heterocycles. The first-order chi connectivity index (χ1) is 12.4. The fourth-order valence-electron chi connectivity index (χ4n) is 2.66. The van der Waals surface area contributed by atoms with E-state index in [0.717, 1.165) is 6.20 Å². The molecule has 0 radical (unpaired) electrons. The number of pyridine rings is 1. The van der Waals surface area contributed by atoms with Crippen molar-refractivity contribution in [3.63, 3.8) is 0 Å². The molecule has 0 bridgehead atoms. The molecule has 2 N–H and O–H groups in total. The van der Waals surface area contributed by atoms with Gasteiger partial charge in [0.15, 0.2) is 0 Å². The predicted octanol–water partition coefficient (Wildman–Crippen LogP) is 1.50. The van der Waals surface area contributed by atoms with Crippen LogP contribution in [-0.4, -0.2) is 37.3 Å². The second kappa shape index (κ2) is 5.86. The first kappa shape index (κ1) is 16.1. The molecule has 0 amide bonds. The summed E-state index contributed by atoms with van der Waals surface area (Å²) in [6, 6.07) is 11.8. The summed E-state index contributed by atoms with van der Waals surface area (Å²) in [4.78, 5) is 16.2. The van der Waals surface area contributed by atoms with Crippen LogP contribution < -0.4 is 5.56 Å². The molecule has 1 aromatic carbocycles. The molecule has 26 heavy (non-hydrogen) atoms. The summed E-state index contributed by atoms with van der Waals surface area (Å²) < 4.78 is 32.9. The number of nitrogens with one attached hydrogen (secondary N) is 1. The quantitative estimate of drug-likeness (QED) is 0.523. The third-order valence-corrected chi connectivity index (χ3v) is 4.45. The zero-order valence-corrected chi connectivity index (χ0v) is 13.9. The largest absolute Gasteiger partial charge is 0.379 e. The van der Waals surface area contributed by atoms with Gasteiger partial charge in [-0.3, -0.25) is 14.3 Å². The molecule has 0 saturated carbocycles. The Morgan fingerprint density at radius 1 is 1.00 bits per heavy atom. The van der Waals surface area contributed by atoms with E-state index in [2.05, 4.69) is 20.3 Å². The van der Waals surface area contributed by atoms with Gasteiger partial charge in [-0.15, -0.1) is 4.09 Å². The summed E-state index contributed by atoms with van der Waals surface area (Å²) in [5, 5.41) is 11.3. The normalized spacial score (nSPS) is 11.7. The highest BCUT2D eigenvalue weighted by Crippen LogP contribution is 2.32. The van der Waals surface area contributed by atoms with Gasteiger partial charge in [-0.1, -0.05) is 24.3 Å². The lowest BCUT2D eigenvalue weighted by atomic mass is 10.0. The average molecular weight is 369 g/mol. The van der Waals surface area contributed by atoms with Crippen LogP contribution in [0.2, 0.25) is 0 Å². The van der Waals surface area contributed by atoms with Crippen molar-refractivity contribution in [2.75, 3.05) is 0 Å². The fourth-order valence-corrected chi connectivity index (χ4v) is 3.08. The van der Waals surface area contributed by atoms with Gasteiger partial charge in [0.25, 0.3) is 5.56 Å². The highest BCUT2D eigenvalue weighted by molar-refractivity contribution is 7.84. The van der Waals surface area contributed by atoms with Gasteiger partial charge in [-0.2, -0.15) is 18.6 Å². The molecule has 4 aromatic rings. The van der Waals surface area contributed by atoms with E-state index in [1.54, 1.807) is 42.5 Å². The Morgan fingerprint density at radius 2 is 1.73 bits per heavy atom. The van der Waals surface area contributed by atoms with Gasteiger partial charge >= 0.3 is 10.3 Å². The summed E-state index contributed by atoms with van der Waals surface area (Å²) in [6.07, 6.45) is 2.66. The van der Waals surface area contributed by atoms with E-state index in [4.69, 9.17) is 0 Å². The van der Waals surface area contributed by atoms with E-state index in [1.807, 2.05) is 0 Å². The summed E-state index contributed by atoms with van der Waals surface area (Å²) in [7, 11) is -4.60. The Kier molecular flexibility index (Phi) is 3.63. The van der Waals surface area contributed by atoms with Crippen molar-refractivity contribution in [2.45, 2.75) is 0 Å². The molecule has 0 unspecified atom stereocenters. The molecule has 4 rings (SSSR count). The maximum Gasteiger partial charge on any atom is 0.379 e. The van der Waals surface area contributed by atoms with Gasteiger partial charge in [0.1, 0.15) is 11.4 Å². The Labute approximate surface area is 146 Å². The molecular formula is C16H11N5O4S. The third-order valence-electron chi connectivity index (χ3n) is 3.79. The Hall–Kier alpha value is -3.37. The number of nitrogens with zero attached hydrogens (tertiary/aromatic N) is 4. The molecule has 9 nitrogen and oxygen atoms in total. The maximum absolute atomic E-state index is 12.0. The lowest BCUT2D eigenvalue weighted by Gasteiger charge is -2.04.